The van der Waals surface area contributed by atoms with Crippen molar-refractivity contribution in [2.45, 2.75) is 65.5 Å². The van der Waals surface area contributed by atoms with Crippen LogP contribution in [0.4, 0.5) is 28.6 Å². The number of halogens is 4. The minimum atomic E-state index is -4.58. The maximum absolute atomic E-state index is 13.8. The molecule has 0 atom stereocenters. The third kappa shape index (κ3) is 8.65. The second kappa shape index (κ2) is 12.1. The van der Waals surface area contributed by atoms with Crippen molar-refractivity contribution in [2.24, 2.45) is 0 Å². The average molecular weight is 621 g/mol. The number of carbonyl (C=O) groups is 2. The van der Waals surface area contributed by atoms with E-state index in [0.29, 0.717) is 59.0 Å². The monoisotopic (exact) mass is 620 g/mol. The summed E-state index contributed by atoms with van der Waals surface area (Å²) in [6.45, 7) is 12.3. The molecule has 0 radical (unpaired) electrons. The van der Waals surface area contributed by atoms with Crippen molar-refractivity contribution in [2.75, 3.05) is 31.1 Å². The van der Waals surface area contributed by atoms with E-state index in [1.54, 1.807) is 56.0 Å². The van der Waals surface area contributed by atoms with Gasteiger partial charge in [0.1, 0.15) is 17.0 Å². The molecule has 232 valence electrons. The normalized spacial score (nSPS) is 14.6. The summed E-state index contributed by atoms with van der Waals surface area (Å²) in [6.07, 6.45) is -5.67. The van der Waals surface area contributed by atoms with E-state index in [2.05, 4.69) is 5.32 Å². The van der Waals surface area contributed by atoms with Crippen LogP contribution in [0.1, 0.15) is 52.7 Å². The van der Waals surface area contributed by atoms with E-state index < -0.39 is 29.0 Å². The Bertz CT molecular complexity index is 1510. The van der Waals surface area contributed by atoms with Gasteiger partial charge in [-0.05, 0) is 94.6 Å². The van der Waals surface area contributed by atoms with E-state index in [9.17, 15) is 22.8 Å². The Labute approximate surface area is 254 Å². The molecule has 1 saturated heterocycles. The summed E-state index contributed by atoms with van der Waals surface area (Å²) in [5.74, 6) is 0.570. The summed E-state index contributed by atoms with van der Waals surface area (Å²) in [5, 5.41) is 3.56. The van der Waals surface area contributed by atoms with Crippen LogP contribution in [0, 0.1) is 0 Å². The molecule has 43 heavy (non-hydrogen) atoms. The van der Waals surface area contributed by atoms with Gasteiger partial charge in [0.05, 0.1) is 16.1 Å². The van der Waals surface area contributed by atoms with Gasteiger partial charge in [-0.3, -0.25) is 0 Å². The first kappa shape index (κ1) is 32.2. The highest BCUT2D eigenvalue weighted by atomic mass is 35.5. The molecule has 0 unspecified atom stereocenters. The van der Waals surface area contributed by atoms with E-state index in [1.165, 1.54) is 0 Å². The second-order valence-electron chi connectivity index (χ2n) is 12.4. The Morgan fingerprint density at radius 2 is 1.53 bits per heavy atom. The van der Waals surface area contributed by atoms with Gasteiger partial charge in [0.25, 0.3) is 0 Å². The van der Waals surface area contributed by atoms with Gasteiger partial charge < -0.3 is 24.6 Å². The first-order valence-electron chi connectivity index (χ1n) is 13.9. The molecular weight excluding hydrogens is 585 g/mol. The number of pyridine rings is 1. The lowest BCUT2D eigenvalue weighted by molar-refractivity contribution is -0.137. The summed E-state index contributed by atoms with van der Waals surface area (Å²) in [7, 11) is 0. The summed E-state index contributed by atoms with van der Waals surface area (Å²) >= 11 is 6.64. The highest BCUT2D eigenvalue weighted by Crippen LogP contribution is 2.36. The Hall–Kier alpha value is -3.73. The fourth-order valence-corrected chi connectivity index (χ4v) is 4.86. The molecule has 0 bridgehead atoms. The molecule has 2 amide bonds. The maximum Gasteiger partial charge on any atom is 0.416 e. The number of aromatic nitrogens is 1. The molecule has 3 aromatic rings. The van der Waals surface area contributed by atoms with Crippen LogP contribution < -0.4 is 10.2 Å². The number of ether oxygens (including phenoxy) is 2. The minimum absolute atomic E-state index is 0.142. The van der Waals surface area contributed by atoms with Crippen LogP contribution in [0.15, 0.2) is 42.5 Å². The van der Waals surface area contributed by atoms with Crippen molar-refractivity contribution in [1.29, 1.82) is 0 Å². The number of hydrogen-bond acceptors (Lipinski definition) is 6. The fourth-order valence-electron chi connectivity index (χ4n) is 4.58. The van der Waals surface area contributed by atoms with Crippen molar-refractivity contribution >= 4 is 40.5 Å². The first-order chi connectivity index (χ1) is 19.9. The summed E-state index contributed by atoms with van der Waals surface area (Å²) < 4.78 is 52.0. The van der Waals surface area contributed by atoms with Crippen molar-refractivity contribution in [3.63, 3.8) is 0 Å². The zero-order valence-corrected chi connectivity index (χ0v) is 25.8. The minimum Gasteiger partial charge on any atom is -0.444 e. The third-order valence-electron chi connectivity index (χ3n) is 6.47. The molecule has 2 aromatic carbocycles. The number of amides is 2. The zero-order chi connectivity index (χ0) is 31.7. The number of anilines is 1. The Balaban J connectivity index is 1.56. The Kier molecular flexibility index (Phi) is 9.06. The number of carbonyl (C=O) groups excluding carboxylic acids is 2. The van der Waals surface area contributed by atoms with Crippen molar-refractivity contribution < 1.29 is 32.2 Å². The number of nitrogens with zero attached hydrogens (tertiary/aromatic N) is 3. The highest BCUT2D eigenvalue weighted by Gasteiger charge is 2.32. The van der Waals surface area contributed by atoms with E-state index in [-0.39, 0.29) is 18.2 Å². The average Bonchev–Trinajstić information content (AvgIpc) is 2.89. The van der Waals surface area contributed by atoms with Crippen molar-refractivity contribution in [1.82, 2.24) is 15.2 Å². The molecule has 8 nitrogen and oxygen atoms in total. The van der Waals surface area contributed by atoms with Crippen LogP contribution in [0.25, 0.3) is 22.0 Å². The van der Waals surface area contributed by atoms with Crippen LogP contribution in [-0.2, 0) is 22.2 Å². The quantitative estimate of drug-likeness (QED) is 0.322. The molecule has 1 aliphatic rings. The van der Waals surface area contributed by atoms with Crippen molar-refractivity contribution in [3.05, 3.63) is 58.6 Å². The number of hydrogen-bond donors (Lipinski definition) is 1. The lowest BCUT2D eigenvalue weighted by Crippen LogP contribution is -2.50. The van der Waals surface area contributed by atoms with Crippen molar-refractivity contribution in [3.8, 4) is 11.1 Å². The predicted octanol–water partition coefficient (Wildman–Crippen LogP) is 7.66. The SMILES string of the molecule is CC(C)(C)OC(=O)NCc1cc(-c2ccc3nc(N4CCN(C(=O)OC(C)(C)C)CC4)c(Cl)cc3c2)cc(C(F)(F)F)c1. The van der Waals surface area contributed by atoms with E-state index in [0.717, 1.165) is 12.1 Å². The lowest BCUT2D eigenvalue weighted by atomic mass is 9.98. The molecule has 4 rings (SSSR count). The lowest BCUT2D eigenvalue weighted by Gasteiger charge is -2.36. The molecule has 2 heterocycles. The number of nitrogens with one attached hydrogen (secondary N) is 1. The second-order valence-corrected chi connectivity index (χ2v) is 12.8. The van der Waals surface area contributed by atoms with Gasteiger partial charge in [0.15, 0.2) is 0 Å². The topological polar surface area (TPSA) is 84.0 Å². The molecule has 1 fully saturated rings. The van der Waals surface area contributed by atoms with Crippen LogP contribution in [-0.4, -0.2) is 59.5 Å². The number of piperazine rings is 1. The number of alkyl halides is 3. The first-order valence-corrected chi connectivity index (χ1v) is 14.3. The van der Waals surface area contributed by atoms with Crippen LogP contribution in [0.2, 0.25) is 5.02 Å². The van der Waals surface area contributed by atoms with Gasteiger partial charge in [0.2, 0.25) is 0 Å². The zero-order valence-electron chi connectivity index (χ0n) is 25.1. The molecule has 1 N–H and O–H groups in total. The molecule has 0 aliphatic carbocycles. The fraction of sp³-hybridized carbons (Fsp3) is 0.452. The van der Waals surface area contributed by atoms with Gasteiger partial charge in [-0.2, -0.15) is 13.2 Å². The predicted molar refractivity (Wildman–Crippen MR) is 160 cm³/mol. The molecule has 12 heteroatoms. The third-order valence-corrected chi connectivity index (χ3v) is 6.75. The summed E-state index contributed by atoms with van der Waals surface area (Å²) in [6, 6.07) is 10.6. The smallest absolute Gasteiger partial charge is 0.416 e. The van der Waals surface area contributed by atoms with Gasteiger partial charge in [-0.15, -0.1) is 0 Å². The summed E-state index contributed by atoms with van der Waals surface area (Å²) in [5.41, 5.74) is -0.391. The van der Waals surface area contributed by atoms with Crippen LogP contribution in [0.3, 0.4) is 0 Å². The maximum atomic E-state index is 13.8. The summed E-state index contributed by atoms with van der Waals surface area (Å²) in [4.78, 5) is 32.9. The standard InChI is InChI=1S/C31H36ClF3N4O4/c1-29(2,3)42-27(40)36-18-19-13-21(16-23(14-19)31(33,34)35)20-7-8-25-22(15-20)17-24(32)26(37-25)38-9-11-39(12-10-38)28(41)43-30(4,5)6/h7-8,13-17H,9-12,18H2,1-6H3,(H,36,40). The molecular formula is C31H36ClF3N4O4. The Morgan fingerprint density at radius 1 is 0.884 bits per heavy atom. The highest BCUT2D eigenvalue weighted by molar-refractivity contribution is 6.33. The van der Waals surface area contributed by atoms with Gasteiger partial charge in [-0.1, -0.05) is 17.7 Å². The van der Waals surface area contributed by atoms with Gasteiger partial charge >= 0.3 is 18.4 Å². The van der Waals surface area contributed by atoms with Crippen LogP contribution >= 0.6 is 11.6 Å². The molecule has 1 aromatic heterocycles. The number of fused-ring (bicyclic) bond motifs is 1. The molecule has 1 aliphatic heterocycles. The Morgan fingerprint density at radius 3 is 2.14 bits per heavy atom. The van der Waals surface area contributed by atoms with E-state index in [4.69, 9.17) is 26.1 Å². The number of alkyl carbamates (subject to hydrolysis) is 1. The van der Waals surface area contributed by atoms with Crippen LogP contribution in [0.5, 0.6) is 0 Å². The van der Waals surface area contributed by atoms with Gasteiger partial charge in [-0.25, -0.2) is 14.6 Å². The van der Waals surface area contributed by atoms with E-state index in [1.807, 2.05) is 25.7 Å². The molecule has 0 spiro atoms. The van der Waals surface area contributed by atoms with Gasteiger partial charge in [0, 0.05) is 38.1 Å². The van der Waals surface area contributed by atoms with E-state index >= 15 is 0 Å². The number of benzene rings is 2. The largest absolute Gasteiger partial charge is 0.444 e. The number of rotatable bonds is 4. The molecule has 0 saturated carbocycles.